The first-order valence-corrected chi connectivity index (χ1v) is 8.54. The van der Waals surface area contributed by atoms with Crippen molar-refractivity contribution in [1.82, 2.24) is 0 Å². The molecule has 0 fully saturated rings. The van der Waals surface area contributed by atoms with Crippen molar-refractivity contribution in [2.24, 2.45) is 0 Å². The number of rotatable bonds is 10. The molecule has 0 atom stereocenters. The molecule has 140 valence electrons. The number of hydrogen-bond acceptors (Lipinski definition) is 6. The van der Waals surface area contributed by atoms with Crippen molar-refractivity contribution in [3.8, 4) is 0 Å². The lowest BCUT2D eigenvalue weighted by Crippen LogP contribution is -2.15. The van der Waals surface area contributed by atoms with Crippen molar-refractivity contribution in [3.63, 3.8) is 0 Å². The van der Waals surface area contributed by atoms with Gasteiger partial charge in [-0.2, -0.15) is 0 Å². The average Bonchev–Trinajstić information content (AvgIpc) is 2.37. The number of ketones is 2. The third-order valence-electron chi connectivity index (χ3n) is 2.47. The summed E-state index contributed by atoms with van der Waals surface area (Å²) in [6.45, 7) is 10.9. The summed E-state index contributed by atoms with van der Waals surface area (Å²) < 4.78 is 9.61. The van der Waals surface area contributed by atoms with E-state index < -0.39 is 11.9 Å². The largest absolute Gasteiger partial charge is 0.463 e. The fourth-order valence-corrected chi connectivity index (χ4v) is 1.67. The summed E-state index contributed by atoms with van der Waals surface area (Å²) in [4.78, 5) is 43.7. The van der Waals surface area contributed by atoms with Crippen molar-refractivity contribution in [3.05, 3.63) is 0 Å². The lowest BCUT2D eigenvalue weighted by Gasteiger charge is -2.06. The maximum atomic E-state index is 10.9. The first kappa shape index (κ1) is 24.5. The number of ether oxygens (including phenoxy) is 2. The van der Waals surface area contributed by atoms with E-state index in [1.165, 1.54) is 0 Å². The van der Waals surface area contributed by atoms with Crippen LogP contribution in [0.25, 0.3) is 0 Å². The minimum Gasteiger partial charge on any atom is -0.463 e. The van der Waals surface area contributed by atoms with Gasteiger partial charge in [-0.3, -0.25) is 19.2 Å². The molecule has 0 aliphatic carbocycles. The van der Waals surface area contributed by atoms with Crippen molar-refractivity contribution in [2.45, 2.75) is 92.3 Å². The number of carbonyl (C=O) groups is 4. The summed E-state index contributed by atoms with van der Waals surface area (Å²) in [7, 11) is 0. The van der Waals surface area contributed by atoms with Crippen LogP contribution in [0.4, 0.5) is 0 Å². The van der Waals surface area contributed by atoms with E-state index >= 15 is 0 Å². The Morgan fingerprint density at radius 1 is 0.667 bits per heavy atom. The monoisotopic (exact) mass is 344 g/mol. The predicted molar refractivity (Wildman–Crippen MR) is 91.5 cm³/mol. The molecule has 0 aromatic carbocycles. The van der Waals surface area contributed by atoms with E-state index in [0.29, 0.717) is 12.8 Å². The Kier molecular flexibility index (Phi) is 15.2. The van der Waals surface area contributed by atoms with Gasteiger partial charge in [-0.15, -0.1) is 0 Å². The van der Waals surface area contributed by atoms with Crippen LogP contribution in [0.2, 0.25) is 0 Å². The van der Waals surface area contributed by atoms with Gasteiger partial charge in [0.1, 0.15) is 24.4 Å². The molecule has 0 amide bonds. The molecular weight excluding hydrogens is 312 g/mol. The lowest BCUT2D eigenvalue weighted by molar-refractivity contribution is -0.151. The second-order valence-corrected chi connectivity index (χ2v) is 6.01. The Labute approximate surface area is 145 Å². The summed E-state index contributed by atoms with van der Waals surface area (Å²) in [5.41, 5.74) is 0. The van der Waals surface area contributed by atoms with Gasteiger partial charge < -0.3 is 9.47 Å². The van der Waals surface area contributed by atoms with Gasteiger partial charge in [-0.05, 0) is 40.5 Å². The summed E-state index contributed by atoms with van der Waals surface area (Å²) in [5.74, 6) is -0.904. The highest BCUT2D eigenvalue weighted by Gasteiger charge is 2.11. The van der Waals surface area contributed by atoms with E-state index in [0.717, 1.165) is 12.8 Å². The highest BCUT2D eigenvalue weighted by Crippen LogP contribution is 1.99. The molecule has 0 saturated heterocycles. The van der Waals surface area contributed by atoms with Gasteiger partial charge in [0.2, 0.25) is 0 Å². The fourth-order valence-electron chi connectivity index (χ4n) is 1.67. The predicted octanol–water partition coefficient (Wildman–Crippen LogP) is 3.39. The van der Waals surface area contributed by atoms with Crippen LogP contribution in [0.1, 0.15) is 80.1 Å². The molecule has 0 N–H and O–H groups in total. The highest BCUT2D eigenvalue weighted by molar-refractivity contribution is 5.95. The SMILES string of the molecule is CCCC(=O)CC(=O)OC(C)C.CCCC(=O)CC(=O)OC(C)C. The van der Waals surface area contributed by atoms with Crippen LogP contribution < -0.4 is 0 Å². The number of Topliss-reactive ketones (excluding diaryl/α,β-unsaturated/α-hetero) is 2. The Morgan fingerprint density at radius 3 is 1.17 bits per heavy atom. The van der Waals surface area contributed by atoms with Crippen LogP contribution in [0, 0.1) is 0 Å². The number of hydrogen-bond donors (Lipinski definition) is 0. The third kappa shape index (κ3) is 18.3. The molecule has 0 aliphatic heterocycles. The van der Waals surface area contributed by atoms with Crippen LogP contribution >= 0.6 is 0 Å². The Hall–Kier alpha value is -1.72. The molecule has 0 heterocycles. The van der Waals surface area contributed by atoms with Crippen LogP contribution in [0.5, 0.6) is 0 Å². The summed E-state index contributed by atoms with van der Waals surface area (Å²) in [5, 5.41) is 0. The first-order chi connectivity index (χ1) is 11.1. The Bertz CT molecular complexity index is 360. The smallest absolute Gasteiger partial charge is 0.313 e. The van der Waals surface area contributed by atoms with Gasteiger partial charge >= 0.3 is 11.9 Å². The first-order valence-electron chi connectivity index (χ1n) is 8.54. The van der Waals surface area contributed by atoms with Crippen LogP contribution in [0.3, 0.4) is 0 Å². The molecule has 0 bridgehead atoms. The second kappa shape index (κ2) is 14.8. The molecule has 0 aliphatic rings. The van der Waals surface area contributed by atoms with E-state index in [-0.39, 0.29) is 36.6 Å². The van der Waals surface area contributed by atoms with E-state index in [1.807, 2.05) is 13.8 Å². The van der Waals surface area contributed by atoms with Crippen LogP contribution in [-0.2, 0) is 28.7 Å². The molecule has 0 rings (SSSR count). The molecule has 0 aromatic heterocycles. The van der Waals surface area contributed by atoms with E-state index in [9.17, 15) is 19.2 Å². The molecule has 0 saturated carbocycles. The van der Waals surface area contributed by atoms with Crippen molar-refractivity contribution in [1.29, 1.82) is 0 Å². The maximum Gasteiger partial charge on any atom is 0.313 e. The summed E-state index contributed by atoms with van der Waals surface area (Å²) >= 11 is 0. The Morgan fingerprint density at radius 2 is 0.958 bits per heavy atom. The quantitative estimate of drug-likeness (QED) is 0.446. The van der Waals surface area contributed by atoms with Gasteiger partial charge in [-0.25, -0.2) is 0 Å². The van der Waals surface area contributed by atoms with E-state index in [1.54, 1.807) is 27.7 Å². The number of esters is 2. The Balaban J connectivity index is 0. The maximum absolute atomic E-state index is 10.9. The van der Waals surface area contributed by atoms with Gasteiger partial charge in [0.25, 0.3) is 0 Å². The molecule has 0 radical (unpaired) electrons. The molecule has 0 aromatic rings. The van der Waals surface area contributed by atoms with Crippen molar-refractivity contribution in [2.75, 3.05) is 0 Å². The molecule has 24 heavy (non-hydrogen) atoms. The zero-order chi connectivity index (χ0) is 19.1. The second-order valence-electron chi connectivity index (χ2n) is 6.01. The topological polar surface area (TPSA) is 86.7 Å². The summed E-state index contributed by atoms with van der Waals surface area (Å²) in [6, 6.07) is 0. The van der Waals surface area contributed by atoms with E-state index in [2.05, 4.69) is 0 Å². The lowest BCUT2D eigenvalue weighted by atomic mass is 10.2. The standard InChI is InChI=1S/2C9H16O3/c2*1-4-5-8(10)6-9(11)12-7(2)3/h2*7H,4-6H2,1-3H3. The third-order valence-corrected chi connectivity index (χ3v) is 2.47. The fraction of sp³-hybridized carbons (Fsp3) is 0.778. The van der Waals surface area contributed by atoms with Crippen molar-refractivity contribution < 1.29 is 28.7 Å². The average molecular weight is 344 g/mol. The zero-order valence-corrected chi connectivity index (χ0v) is 15.8. The highest BCUT2D eigenvalue weighted by atomic mass is 16.5. The van der Waals surface area contributed by atoms with Crippen LogP contribution in [0.15, 0.2) is 0 Å². The molecule has 6 nitrogen and oxygen atoms in total. The zero-order valence-electron chi connectivity index (χ0n) is 15.8. The van der Waals surface area contributed by atoms with Crippen molar-refractivity contribution >= 4 is 23.5 Å². The minimum absolute atomic E-state index is 0.0387. The van der Waals surface area contributed by atoms with E-state index in [4.69, 9.17) is 9.47 Å². The van der Waals surface area contributed by atoms with Gasteiger partial charge in [0.05, 0.1) is 12.2 Å². The number of carbonyl (C=O) groups excluding carboxylic acids is 4. The molecule has 0 unspecified atom stereocenters. The summed E-state index contributed by atoms with van der Waals surface area (Å²) in [6.07, 6.45) is 2.08. The van der Waals surface area contributed by atoms with Gasteiger partial charge in [-0.1, -0.05) is 13.8 Å². The van der Waals surface area contributed by atoms with Crippen LogP contribution in [-0.4, -0.2) is 35.7 Å². The minimum atomic E-state index is -0.413. The van der Waals surface area contributed by atoms with Gasteiger partial charge in [0, 0.05) is 12.8 Å². The van der Waals surface area contributed by atoms with Gasteiger partial charge in [0.15, 0.2) is 0 Å². The molecule has 6 heteroatoms. The normalized spacial score (nSPS) is 10.0. The molecule has 0 spiro atoms. The molecular formula is C18H32O6.